The van der Waals surface area contributed by atoms with Gasteiger partial charge in [0.15, 0.2) is 0 Å². The van der Waals surface area contributed by atoms with E-state index in [-0.39, 0.29) is 11.6 Å². The van der Waals surface area contributed by atoms with Crippen molar-refractivity contribution >= 4 is 15.9 Å². The van der Waals surface area contributed by atoms with Crippen LogP contribution >= 0.6 is 15.9 Å². The summed E-state index contributed by atoms with van der Waals surface area (Å²) in [6.45, 7) is 2.37. The molecule has 0 heterocycles. The highest BCUT2D eigenvalue weighted by Crippen LogP contribution is 2.39. The van der Waals surface area contributed by atoms with Crippen LogP contribution in [0.1, 0.15) is 38.2 Å². The Kier molecular flexibility index (Phi) is 5.83. The summed E-state index contributed by atoms with van der Waals surface area (Å²) in [5, 5.41) is 0. The van der Waals surface area contributed by atoms with Crippen LogP contribution in [0.15, 0.2) is 28.7 Å². The zero-order valence-corrected chi connectivity index (χ0v) is 15.0. The topological polar surface area (TPSA) is 41.3 Å². The molecule has 0 aromatic heterocycles. The minimum absolute atomic E-state index is 0.148. The summed E-state index contributed by atoms with van der Waals surface area (Å²) in [6, 6.07) is 8.81. The number of hydrazine groups is 1. The van der Waals surface area contributed by atoms with Crippen molar-refractivity contribution in [3.63, 3.8) is 0 Å². The van der Waals surface area contributed by atoms with Gasteiger partial charge < -0.3 is 4.90 Å². The quantitative estimate of drug-likeness (QED) is 0.630. The van der Waals surface area contributed by atoms with Crippen LogP contribution in [-0.4, -0.2) is 30.6 Å². The van der Waals surface area contributed by atoms with Crippen molar-refractivity contribution in [2.24, 2.45) is 11.8 Å². The van der Waals surface area contributed by atoms with Gasteiger partial charge >= 0.3 is 0 Å². The second-order valence-corrected chi connectivity index (χ2v) is 7.67. The number of nitrogens with one attached hydrogen (secondary N) is 1. The van der Waals surface area contributed by atoms with Crippen molar-refractivity contribution < 1.29 is 0 Å². The van der Waals surface area contributed by atoms with E-state index < -0.39 is 0 Å². The number of halogens is 1. The Morgan fingerprint density at radius 1 is 1.48 bits per heavy atom. The fraction of sp³-hybridized carbons (Fsp3) is 0.647. The molecular weight excluding hydrogens is 326 g/mol. The van der Waals surface area contributed by atoms with Crippen LogP contribution < -0.4 is 11.3 Å². The molecule has 3 atom stereocenters. The van der Waals surface area contributed by atoms with E-state index in [9.17, 15) is 0 Å². The lowest BCUT2D eigenvalue weighted by Gasteiger charge is -2.50. The van der Waals surface area contributed by atoms with Crippen molar-refractivity contribution in [3.05, 3.63) is 34.3 Å². The maximum absolute atomic E-state index is 5.97. The molecule has 2 rings (SSSR count). The first-order valence-corrected chi connectivity index (χ1v) is 8.65. The third-order valence-corrected chi connectivity index (χ3v) is 5.57. The van der Waals surface area contributed by atoms with Crippen LogP contribution in [0, 0.1) is 5.92 Å². The van der Waals surface area contributed by atoms with Gasteiger partial charge in [0.1, 0.15) is 0 Å². The summed E-state index contributed by atoms with van der Waals surface area (Å²) >= 11 is 3.56. The van der Waals surface area contributed by atoms with Crippen molar-refractivity contribution in [2.45, 2.75) is 50.6 Å². The Bertz CT molecular complexity index is 463. The maximum atomic E-state index is 5.97. The molecule has 0 radical (unpaired) electrons. The second-order valence-electron chi connectivity index (χ2n) is 6.75. The Labute approximate surface area is 137 Å². The molecule has 0 aliphatic heterocycles. The first kappa shape index (κ1) is 16.9. The van der Waals surface area contributed by atoms with Gasteiger partial charge in [0.2, 0.25) is 0 Å². The summed E-state index contributed by atoms with van der Waals surface area (Å²) in [7, 11) is 4.40. The lowest BCUT2D eigenvalue weighted by Crippen LogP contribution is -2.63. The minimum atomic E-state index is 0.148. The van der Waals surface area contributed by atoms with E-state index in [4.69, 9.17) is 5.84 Å². The molecule has 3 unspecified atom stereocenters. The zero-order valence-electron chi connectivity index (χ0n) is 13.4. The molecule has 1 aromatic carbocycles. The molecule has 118 valence electrons. The molecule has 0 amide bonds. The van der Waals surface area contributed by atoms with Gasteiger partial charge in [-0.25, -0.2) is 0 Å². The molecule has 21 heavy (non-hydrogen) atoms. The monoisotopic (exact) mass is 353 g/mol. The number of hydrogen-bond acceptors (Lipinski definition) is 3. The molecule has 1 aliphatic carbocycles. The normalized spacial score (nSPS) is 27.8. The molecule has 0 saturated heterocycles. The molecule has 0 bridgehead atoms. The van der Waals surface area contributed by atoms with Crippen LogP contribution in [0.25, 0.3) is 0 Å². The van der Waals surface area contributed by atoms with Crippen molar-refractivity contribution in [1.82, 2.24) is 10.3 Å². The average molecular weight is 354 g/mol. The van der Waals surface area contributed by atoms with Gasteiger partial charge in [0.25, 0.3) is 0 Å². The summed E-state index contributed by atoms with van der Waals surface area (Å²) < 4.78 is 1.13. The van der Waals surface area contributed by atoms with Crippen molar-refractivity contribution in [2.75, 3.05) is 14.1 Å². The van der Waals surface area contributed by atoms with E-state index in [0.717, 1.165) is 16.8 Å². The Morgan fingerprint density at radius 3 is 2.81 bits per heavy atom. The number of nitrogens with two attached hydrogens (primary N) is 1. The smallest absolute Gasteiger partial charge is 0.0434 e. The number of nitrogens with zero attached hydrogens (tertiary/aromatic N) is 1. The fourth-order valence-electron chi connectivity index (χ4n) is 3.90. The largest absolute Gasteiger partial charge is 0.302 e. The van der Waals surface area contributed by atoms with Gasteiger partial charge in [0.05, 0.1) is 0 Å². The van der Waals surface area contributed by atoms with Crippen LogP contribution in [0.3, 0.4) is 0 Å². The fourth-order valence-corrected chi connectivity index (χ4v) is 4.35. The Balaban J connectivity index is 2.23. The summed E-state index contributed by atoms with van der Waals surface area (Å²) in [5.74, 6) is 6.73. The standard InChI is InChI=1S/C17H28BrN3/c1-13-6-5-9-17(12-13,21(2)3)16(20-19)11-14-7-4-8-15(18)10-14/h4,7-8,10,13,16,20H,5-6,9,11-12,19H2,1-3H3. The van der Waals surface area contributed by atoms with Crippen molar-refractivity contribution in [1.29, 1.82) is 0 Å². The maximum Gasteiger partial charge on any atom is 0.0434 e. The van der Waals surface area contributed by atoms with E-state index in [1.54, 1.807) is 0 Å². The van der Waals surface area contributed by atoms with E-state index in [1.165, 1.54) is 31.2 Å². The number of rotatable bonds is 5. The SMILES string of the molecule is CC1CCCC(C(Cc2cccc(Br)c2)NN)(N(C)C)C1. The molecule has 3 nitrogen and oxygen atoms in total. The van der Waals surface area contributed by atoms with Crippen LogP contribution in [0.4, 0.5) is 0 Å². The molecule has 1 aliphatic rings. The lowest BCUT2D eigenvalue weighted by molar-refractivity contribution is 0.0373. The predicted molar refractivity (Wildman–Crippen MR) is 93.0 cm³/mol. The molecule has 1 fully saturated rings. The predicted octanol–water partition coefficient (Wildman–Crippen LogP) is 3.33. The van der Waals surface area contributed by atoms with Crippen molar-refractivity contribution in [3.8, 4) is 0 Å². The summed E-state index contributed by atoms with van der Waals surface area (Å²) in [6.07, 6.45) is 6.01. The van der Waals surface area contributed by atoms with Gasteiger partial charge in [-0.2, -0.15) is 0 Å². The van der Waals surface area contributed by atoms with Gasteiger partial charge in [-0.1, -0.05) is 47.8 Å². The molecule has 3 N–H and O–H groups in total. The number of likely N-dealkylation sites (N-methyl/N-ethyl adjacent to an activating group) is 1. The first-order valence-electron chi connectivity index (χ1n) is 7.86. The summed E-state index contributed by atoms with van der Waals surface area (Å²) in [5.41, 5.74) is 4.60. The third kappa shape index (κ3) is 3.86. The molecule has 4 heteroatoms. The van der Waals surface area contributed by atoms with Crippen LogP contribution in [0.2, 0.25) is 0 Å². The Morgan fingerprint density at radius 2 is 2.24 bits per heavy atom. The third-order valence-electron chi connectivity index (χ3n) is 5.08. The molecule has 1 aromatic rings. The van der Waals surface area contributed by atoms with Gasteiger partial charge in [0, 0.05) is 16.1 Å². The van der Waals surface area contributed by atoms with E-state index in [0.29, 0.717) is 0 Å². The average Bonchev–Trinajstić information content (AvgIpc) is 2.44. The molecular formula is C17H28BrN3. The van der Waals surface area contributed by atoms with Gasteiger partial charge in [-0.15, -0.1) is 0 Å². The second kappa shape index (κ2) is 7.23. The lowest BCUT2D eigenvalue weighted by atomic mass is 9.70. The number of hydrogen-bond donors (Lipinski definition) is 2. The molecule has 1 saturated carbocycles. The zero-order chi connectivity index (χ0) is 15.5. The highest BCUT2D eigenvalue weighted by molar-refractivity contribution is 9.10. The first-order chi connectivity index (χ1) is 9.98. The van der Waals surface area contributed by atoms with Gasteiger partial charge in [-0.05, 0) is 57.0 Å². The van der Waals surface area contributed by atoms with Crippen LogP contribution in [-0.2, 0) is 6.42 Å². The highest BCUT2D eigenvalue weighted by Gasteiger charge is 2.43. The Hall–Kier alpha value is -0.420. The van der Waals surface area contributed by atoms with E-state index in [1.807, 2.05) is 0 Å². The minimum Gasteiger partial charge on any atom is -0.302 e. The van der Waals surface area contributed by atoms with E-state index in [2.05, 4.69) is 71.5 Å². The van der Waals surface area contributed by atoms with E-state index >= 15 is 0 Å². The highest BCUT2D eigenvalue weighted by atomic mass is 79.9. The number of benzene rings is 1. The summed E-state index contributed by atoms with van der Waals surface area (Å²) in [4.78, 5) is 2.39. The van der Waals surface area contributed by atoms with Crippen LogP contribution in [0.5, 0.6) is 0 Å². The molecule has 0 spiro atoms. The van der Waals surface area contributed by atoms with Gasteiger partial charge in [-0.3, -0.25) is 11.3 Å².